The summed E-state index contributed by atoms with van der Waals surface area (Å²) < 4.78 is 11.1. The normalized spacial score (nSPS) is 25.5. The zero-order valence-electron chi connectivity index (χ0n) is 13.6. The van der Waals surface area contributed by atoms with Crippen LogP contribution in [0.5, 0.6) is 0 Å². The lowest BCUT2D eigenvalue weighted by Crippen LogP contribution is -2.48. The third-order valence-electron chi connectivity index (χ3n) is 4.99. The van der Waals surface area contributed by atoms with E-state index in [2.05, 4.69) is 6.92 Å². The molecule has 2 aliphatic rings. The maximum atomic E-state index is 12.6. The fourth-order valence-corrected chi connectivity index (χ4v) is 3.70. The molecule has 0 aromatic carbocycles. The summed E-state index contributed by atoms with van der Waals surface area (Å²) in [5, 5.41) is 0. The van der Waals surface area contributed by atoms with Crippen molar-refractivity contribution in [1.82, 2.24) is 0 Å². The van der Waals surface area contributed by atoms with E-state index in [0.717, 1.165) is 44.9 Å². The van der Waals surface area contributed by atoms with Crippen molar-refractivity contribution in [2.24, 2.45) is 11.3 Å². The van der Waals surface area contributed by atoms with E-state index in [1.165, 1.54) is 0 Å². The van der Waals surface area contributed by atoms with Crippen molar-refractivity contribution >= 4 is 11.9 Å². The molecule has 1 atom stereocenters. The molecule has 0 aromatic rings. The molecule has 2 rings (SSSR count). The lowest BCUT2D eigenvalue weighted by Gasteiger charge is -2.41. The maximum absolute atomic E-state index is 12.6. The Morgan fingerprint density at radius 1 is 1.33 bits per heavy atom. The van der Waals surface area contributed by atoms with Gasteiger partial charge in [-0.15, -0.1) is 0 Å². The van der Waals surface area contributed by atoms with E-state index in [4.69, 9.17) is 9.47 Å². The Morgan fingerprint density at radius 2 is 2.00 bits per heavy atom. The second kappa shape index (κ2) is 6.37. The second-order valence-corrected chi connectivity index (χ2v) is 7.16. The monoisotopic (exact) mass is 296 g/mol. The Hall–Kier alpha value is -1.06. The summed E-state index contributed by atoms with van der Waals surface area (Å²) in [5.41, 5.74) is -1.10. The first-order valence-electron chi connectivity index (χ1n) is 8.31. The van der Waals surface area contributed by atoms with Crippen LogP contribution in [0.3, 0.4) is 0 Å². The van der Waals surface area contributed by atoms with Crippen LogP contribution in [0, 0.1) is 11.3 Å². The van der Waals surface area contributed by atoms with Crippen molar-refractivity contribution in [1.29, 1.82) is 0 Å². The molecule has 0 amide bonds. The summed E-state index contributed by atoms with van der Waals surface area (Å²) in [4.78, 5) is 24.6. The van der Waals surface area contributed by atoms with Gasteiger partial charge in [0.05, 0.1) is 17.9 Å². The average molecular weight is 296 g/mol. The predicted molar refractivity (Wildman–Crippen MR) is 79.7 cm³/mol. The van der Waals surface area contributed by atoms with Crippen LogP contribution >= 0.6 is 0 Å². The van der Waals surface area contributed by atoms with E-state index in [1.54, 1.807) is 0 Å². The Labute approximate surface area is 127 Å². The number of cyclic esters (lactones) is 1. The van der Waals surface area contributed by atoms with E-state index in [0.29, 0.717) is 13.0 Å². The van der Waals surface area contributed by atoms with Crippen molar-refractivity contribution in [3.8, 4) is 0 Å². The molecule has 0 spiro atoms. The van der Waals surface area contributed by atoms with Crippen molar-refractivity contribution < 1.29 is 19.1 Å². The first-order valence-corrected chi connectivity index (χ1v) is 8.31. The Morgan fingerprint density at radius 3 is 2.52 bits per heavy atom. The Kier molecular flexibility index (Phi) is 4.95. The average Bonchev–Trinajstić information content (AvgIpc) is 2.86. The molecule has 0 N–H and O–H groups in total. The number of carbonyl (C=O) groups excluding carboxylic acids is 2. The van der Waals surface area contributed by atoms with Crippen LogP contribution in [-0.4, -0.2) is 24.1 Å². The standard InChI is InChI=1S/C17H28O4/c1-4-9-16(2,3)15(19)21-17(10-6-5-7-11-17)13-8-12-20-14(13)18/h13H,4-12H2,1-3H3. The van der Waals surface area contributed by atoms with E-state index in [-0.39, 0.29) is 17.9 Å². The molecular formula is C17H28O4. The van der Waals surface area contributed by atoms with Crippen LogP contribution in [0.4, 0.5) is 0 Å². The predicted octanol–water partition coefficient (Wildman–Crippen LogP) is 3.62. The lowest BCUT2D eigenvalue weighted by molar-refractivity contribution is -0.184. The van der Waals surface area contributed by atoms with Crippen LogP contribution in [0.2, 0.25) is 0 Å². The molecule has 4 heteroatoms. The SMILES string of the molecule is CCCC(C)(C)C(=O)OC1(C2CCOC2=O)CCCCC1. The molecule has 1 aliphatic carbocycles. The zero-order valence-corrected chi connectivity index (χ0v) is 13.6. The second-order valence-electron chi connectivity index (χ2n) is 7.16. The fourth-order valence-electron chi connectivity index (χ4n) is 3.70. The highest BCUT2D eigenvalue weighted by Crippen LogP contribution is 2.43. The third-order valence-corrected chi connectivity index (χ3v) is 4.99. The summed E-state index contributed by atoms with van der Waals surface area (Å²) in [6.45, 7) is 6.39. The molecule has 4 nitrogen and oxygen atoms in total. The number of ether oxygens (including phenoxy) is 2. The van der Waals surface area contributed by atoms with Gasteiger partial charge in [0.15, 0.2) is 0 Å². The number of hydrogen-bond donors (Lipinski definition) is 0. The number of esters is 2. The van der Waals surface area contributed by atoms with Crippen molar-refractivity contribution in [2.45, 2.75) is 77.7 Å². The summed E-state index contributed by atoms with van der Waals surface area (Å²) in [6, 6.07) is 0. The fraction of sp³-hybridized carbons (Fsp3) is 0.882. The van der Waals surface area contributed by atoms with Gasteiger partial charge in [-0.3, -0.25) is 9.59 Å². The molecule has 1 heterocycles. The Balaban J connectivity index is 2.17. The highest BCUT2D eigenvalue weighted by Gasteiger charge is 2.51. The highest BCUT2D eigenvalue weighted by atomic mass is 16.6. The minimum atomic E-state index is -0.617. The molecular weight excluding hydrogens is 268 g/mol. The quantitative estimate of drug-likeness (QED) is 0.727. The van der Waals surface area contributed by atoms with Gasteiger partial charge in [0.1, 0.15) is 5.60 Å². The van der Waals surface area contributed by atoms with Crippen LogP contribution in [0.15, 0.2) is 0 Å². The van der Waals surface area contributed by atoms with E-state index in [9.17, 15) is 9.59 Å². The minimum Gasteiger partial charge on any atom is -0.465 e. The van der Waals surface area contributed by atoms with Crippen LogP contribution in [0.1, 0.15) is 72.1 Å². The first-order chi connectivity index (χ1) is 9.91. The summed E-state index contributed by atoms with van der Waals surface area (Å²) >= 11 is 0. The molecule has 1 saturated heterocycles. The van der Waals surface area contributed by atoms with Crippen LogP contribution in [-0.2, 0) is 19.1 Å². The molecule has 1 unspecified atom stereocenters. The van der Waals surface area contributed by atoms with Crippen LogP contribution < -0.4 is 0 Å². The van der Waals surface area contributed by atoms with Gasteiger partial charge >= 0.3 is 11.9 Å². The van der Waals surface area contributed by atoms with Gasteiger partial charge in [0, 0.05) is 0 Å². The largest absolute Gasteiger partial charge is 0.465 e. The van der Waals surface area contributed by atoms with Crippen molar-refractivity contribution in [2.75, 3.05) is 6.61 Å². The maximum Gasteiger partial charge on any atom is 0.313 e. The molecule has 0 aromatic heterocycles. The van der Waals surface area contributed by atoms with Crippen molar-refractivity contribution in [3.05, 3.63) is 0 Å². The molecule has 120 valence electrons. The van der Waals surface area contributed by atoms with E-state index >= 15 is 0 Å². The smallest absolute Gasteiger partial charge is 0.313 e. The van der Waals surface area contributed by atoms with Gasteiger partial charge in [-0.1, -0.05) is 19.8 Å². The van der Waals surface area contributed by atoms with E-state index < -0.39 is 11.0 Å². The lowest BCUT2D eigenvalue weighted by atomic mass is 9.74. The van der Waals surface area contributed by atoms with Gasteiger partial charge in [0.25, 0.3) is 0 Å². The van der Waals surface area contributed by atoms with Crippen LogP contribution in [0.25, 0.3) is 0 Å². The number of carbonyl (C=O) groups is 2. The van der Waals surface area contributed by atoms with Gasteiger partial charge in [0.2, 0.25) is 0 Å². The summed E-state index contributed by atoms with van der Waals surface area (Å²) in [5.74, 6) is -0.608. The van der Waals surface area contributed by atoms with Gasteiger partial charge in [-0.25, -0.2) is 0 Å². The summed E-state index contributed by atoms with van der Waals surface area (Å²) in [6.07, 6.45) is 7.20. The Bertz CT molecular complexity index is 394. The summed E-state index contributed by atoms with van der Waals surface area (Å²) in [7, 11) is 0. The zero-order chi connectivity index (χ0) is 15.5. The molecule has 0 radical (unpaired) electrons. The first kappa shape index (κ1) is 16.3. The van der Waals surface area contributed by atoms with E-state index in [1.807, 2.05) is 13.8 Å². The van der Waals surface area contributed by atoms with Gasteiger partial charge in [-0.05, 0) is 52.4 Å². The van der Waals surface area contributed by atoms with Gasteiger partial charge < -0.3 is 9.47 Å². The molecule has 21 heavy (non-hydrogen) atoms. The topological polar surface area (TPSA) is 52.6 Å². The van der Waals surface area contributed by atoms with Gasteiger partial charge in [-0.2, -0.15) is 0 Å². The highest BCUT2D eigenvalue weighted by molar-refractivity contribution is 5.79. The number of hydrogen-bond acceptors (Lipinski definition) is 4. The molecule has 0 bridgehead atoms. The third kappa shape index (κ3) is 3.41. The minimum absolute atomic E-state index is 0.161. The molecule has 1 saturated carbocycles. The molecule has 2 fully saturated rings. The number of rotatable bonds is 5. The molecule has 1 aliphatic heterocycles. The van der Waals surface area contributed by atoms with Crippen molar-refractivity contribution in [3.63, 3.8) is 0 Å².